The van der Waals surface area contributed by atoms with Crippen LogP contribution in [0.1, 0.15) is 21.5 Å². The predicted octanol–water partition coefficient (Wildman–Crippen LogP) is 5.32. The average molecular weight is 493 g/mol. The van der Waals surface area contributed by atoms with Crippen molar-refractivity contribution < 1.29 is 9.53 Å². The molecule has 1 amide bonds. The van der Waals surface area contributed by atoms with Gasteiger partial charge >= 0.3 is 0 Å². The van der Waals surface area contributed by atoms with Crippen LogP contribution >= 0.6 is 23.4 Å². The minimum absolute atomic E-state index is 0.108. The largest absolute Gasteiger partial charge is 0.383 e. The van der Waals surface area contributed by atoms with Crippen molar-refractivity contribution in [1.82, 2.24) is 20.1 Å². The van der Waals surface area contributed by atoms with E-state index in [0.29, 0.717) is 36.0 Å². The number of amides is 1. The average Bonchev–Trinajstić information content (AvgIpc) is 3.26. The number of ether oxygens (including phenoxy) is 1. The van der Waals surface area contributed by atoms with Crippen LogP contribution in [0.4, 0.5) is 0 Å². The van der Waals surface area contributed by atoms with Gasteiger partial charge in [-0.15, -0.1) is 10.2 Å². The van der Waals surface area contributed by atoms with Crippen molar-refractivity contribution in [3.05, 3.63) is 101 Å². The van der Waals surface area contributed by atoms with E-state index in [1.54, 1.807) is 18.9 Å². The number of methoxy groups -OCH3 is 1. The molecular formula is C26H25ClN4O2S. The molecule has 0 atom stereocenters. The van der Waals surface area contributed by atoms with E-state index in [2.05, 4.69) is 32.2 Å². The first-order chi connectivity index (χ1) is 16.7. The SMILES string of the molecule is COCCNC(=O)c1ccc(CSc2nnc(-c3ccccc3Cl)n2Cc2ccccc2)cc1. The molecule has 0 unspecified atom stereocenters. The van der Waals surface area contributed by atoms with Gasteiger partial charge < -0.3 is 10.1 Å². The number of hydrogen-bond donors (Lipinski definition) is 1. The summed E-state index contributed by atoms with van der Waals surface area (Å²) in [4.78, 5) is 12.2. The van der Waals surface area contributed by atoms with E-state index in [1.165, 1.54) is 0 Å². The number of aromatic nitrogens is 3. The van der Waals surface area contributed by atoms with Crippen LogP contribution < -0.4 is 5.32 Å². The molecular weight excluding hydrogens is 468 g/mol. The molecule has 0 saturated carbocycles. The highest BCUT2D eigenvalue weighted by molar-refractivity contribution is 7.98. The summed E-state index contributed by atoms with van der Waals surface area (Å²) in [5.41, 5.74) is 3.72. The summed E-state index contributed by atoms with van der Waals surface area (Å²) in [6.45, 7) is 1.61. The topological polar surface area (TPSA) is 69.0 Å². The Bertz CT molecular complexity index is 1230. The molecule has 4 rings (SSSR count). The molecule has 1 N–H and O–H groups in total. The molecule has 3 aromatic carbocycles. The maximum Gasteiger partial charge on any atom is 0.251 e. The Morgan fingerprint density at radius 3 is 2.44 bits per heavy atom. The molecule has 174 valence electrons. The van der Waals surface area contributed by atoms with Crippen LogP contribution in [-0.2, 0) is 17.0 Å². The number of thioether (sulfide) groups is 1. The van der Waals surface area contributed by atoms with E-state index in [-0.39, 0.29) is 5.91 Å². The highest BCUT2D eigenvalue weighted by Gasteiger charge is 2.17. The lowest BCUT2D eigenvalue weighted by atomic mass is 10.1. The van der Waals surface area contributed by atoms with Crippen molar-refractivity contribution in [2.24, 2.45) is 0 Å². The van der Waals surface area contributed by atoms with Gasteiger partial charge in [0.15, 0.2) is 11.0 Å². The third kappa shape index (κ3) is 6.05. The van der Waals surface area contributed by atoms with Crippen LogP contribution in [0.3, 0.4) is 0 Å². The molecule has 0 aliphatic carbocycles. The molecule has 0 spiro atoms. The fourth-order valence-electron chi connectivity index (χ4n) is 3.41. The van der Waals surface area contributed by atoms with Crippen LogP contribution in [0.25, 0.3) is 11.4 Å². The normalized spacial score (nSPS) is 10.9. The number of nitrogens with zero attached hydrogens (tertiary/aromatic N) is 3. The van der Waals surface area contributed by atoms with Crippen molar-refractivity contribution in [3.8, 4) is 11.4 Å². The first-order valence-electron chi connectivity index (χ1n) is 10.9. The van der Waals surface area contributed by atoms with Crippen molar-refractivity contribution in [2.75, 3.05) is 20.3 Å². The van der Waals surface area contributed by atoms with Crippen LogP contribution in [0.2, 0.25) is 5.02 Å². The van der Waals surface area contributed by atoms with E-state index in [4.69, 9.17) is 16.3 Å². The molecule has 0 aliphatic rings. The molecule has 1 heterocycles. The first-order valence-corrected chi connectivity index (χ1v) is 12.2. The zero-order valence-electron chi connectivity index (χ0n) is 18.8. The van der Waals surface area contributed by atoms with Gasteiger partial charge in [-0.1, -0.05) is 78.0 Å². The van der Waals surface area contributed by atoms with E-state index >= 15 is 0 Å². The number of halogens is 1. The van der Waals surface area contributed by atoms with Crippen molar-refractivity contribution in [1.29, 1.82) is 0 Å². The Kier molecular flexibility index (Phi) is 8.36. The summed E-state index contributed by atoms with van der Waals surface area (Å²) in [5, 5.41) is 13.2. The molecule has 0 fully saturated rings. The zero-order valence-corrected chi connectivity index (χ0v) is 20.4. The van der Waals surface area contributed by atoms with Gasteiger partial charge in [0.2, 0.25) is 0 Å². The molecule has 6 nitrogen and oxygen atoms in total. The number of rotatable bonds is 10. The number of benzene rings is 3. The smallest absolute Gasteiger partial charge is 0.251 e. The van der Waals surface area contributed by atoms with E-state index in [9.17, 15) is 4.79 Å². The van der Waals surface area contributed by atoms with E-state index < -0.39 is 0 Å². The van der Waals surface area contributed by atoms with Gasteiger partial charge in [-0.25, -0.2) is 0 Å². The van der Waals surface area contributed by atoms with Gasteiger partial charge in [0, 0.05) is 30.5 Å². The maximum absolute atomic E-state index is 12.2. The molecule has 0 saturated heterocycles. The second kappa shape index (κ2) is 11.8. The van der Waals surface area contributed by atoms with Gasteiger partial charge in [-0.3, -0.25) is 9.36 Å². The van der Waals surface area contributed by atoms with Gasteiger partial charge in [-0.2, -0.15) is 0 Å². The lowest BCUT2D eigenvalue weighted by Crippen LogP contribution is -2.26. The van der Waals surface area contributed by atoms with Crippen molar-refractivity contribution in [3.63, 3.8) is 0 Å². The molecule has 34 heavy (non-hydrogen) atoms. The quantitative estimate of drug-likeness (QED) is 0.240. The van der Waals surface area contributed by atoms with E-state index in [0.717, 1.165) is 27.7 Å². The van der Waals surface area contributed by atoms with Crippen molar-refractivity contribution in [2.45, 2.75) is 17.5 Å². The van der Waals surface area contributed by atoms with Gasteiger partial charge in [-0.05, 0) is 35.4 Å². The second-order valence-corrected chi connectivity index (χ2v) is 8.94. The fourth-order valence-corrected chi connectivity index (χ4v) is 4.53. The molecule has 8 heteroatoms. The van der Waals surface area contributed by atoms with Crippen LogP contribution in [0.5, 0.6) is 0 Å². The third-order valence-electron chi connectivity index (χ3n) is 5.19. The minimum atomic E-state index is -0.108. The maximum atomic E-state index is 12.2. The highest BCUT2D eigenvalue weighted by Crippen LogP contribution is 2.31. The minimum Gasteiger partial charge on any atom is -0.383 e. The number of carbonyl (C=O) groups excluding carboxylic acids is 1. The Balaban J connectivity index is 1.51. The number of nitrogens with one attached hydrogen (secondary N) is 1. The summed E-state index contributed by atoms with van der Waals surface area (Å²) in [6, 6.07) is 25.5. The Morgan fingerprint density at radius 1 is 0.971 bits per heavy atom. The van der Waals surface area contributed by atoms with E-state index in [1.807, 2.05) is 66.7 Å². The lowest BCUT2D eigenvalue weighted by Gasteiger charge is -2.11. The van der Waals surface area contributed by atoms with Gasteiger partial charge in [0.1, 0.15) is 0 Å². The second-order valence-electron chi connectivity index (χ2n) is 7.59. The summed E-state index contributed by atoms with van der Waals surface area (Å²) in [5.74, 6) is 1.32. The predicted molar refractivity (Wildman–Crippen MR) is 136 cm³/mol. The van der Waals surface area contributed by atoms with Crippen LogP contribution in [0.15, 0.2) is 84.0 Å². The highest BCUT2D eigenvalue weighted by atomic mass is 35.5. The summed E-state index contributed by atoms with van der Waals surface area (Å²) in [7, 11) is 1.61. The Morgan fingerprint density at radius 2 is 1.71 bits per heavy atom. The van der Waals surface area contributed by atoms with Crippen LogP contribution in [0, 0.1) is 0 Å². The number of hydrogen-bond acceptors (Lipinski definition) is 5. The van der Waals surface area contributed by atoms with Gasteiger partial charge in [0.25, 0.3) is 5.91 Å². The Hall–Kier alpha value is -3.13. The summed E-state index contributed by atoms with van der Waals surface area (Å²) in [6.07, 6.45) is 0. The lowest BCUT2D eigenvalue weighted by molar-refractivity contribution is 0.0937. The zero-order chi connectivity index (χ0) is 23.8. The summed E-state index contributed by atoms with van der Waals surface area (Å²) >= 11 is 8.07. The molecule has 1 aromatic heterocycles. The molecule has 0 radical (unpaired) electrons. The van der Waals surface area contributed by atoms with Gasteiger partial charge in [0.05, 0.1) is 18.2 Å². The summed E-state index contributed by atoms with van der Waals surface area (Å²) < 4.78 is 7.06. The molecule has 4 aromatic rings. The molecule has 0 aliphatic heterocycles. The van der Waals surface area contributed by atoms with Crippen molar-refractivity contribution >= 4 is 29.3 Å². The fraction of sp³-hybridized carbons (Fsp3) is 0.192. The van der Waals surface area contributed by atoms with Crippen LogP contribution in [-0.4, -0.2) is 40.9 Å². The first kappa shape index (κ1) is 24.0. The molecule has 0 bridgehead atoms. The third-order valence-corrected chi connectivity index (χ3v) is 6.56. The standard InChI is InChI=1S/C26H25ClN4O2S/c1-33-16-15-28-25(32)21-13-11-20(12-14-21)18-34-26-30-29-24(22-9-5-6-10-23(22)27)31(26)17-19-7-3-2-4-8-19/h2-14H,15-18H2,1H3,(H,28,32). The number of carbonyl (C=O) groups is 1. The monoisotopic (exact) mass is 492 g/mol. The Labute approximate surface area is 208 Å².